The summed E-state index contributed by atoms with van der Waals surface area (Å²) in [5.74, 6) is -1.21. The van der Waals surface area contributed by atoms with Crippen molar-refractivity contribution in [3.63, 3.8) is 0 Å². The molecule has 0 unspecified atom stereocenters. The summed E-state index contributed by atoms with van der Waals surface area (Å²) in [6.45, 7) is 0. The summed E-state index contributed by atoms with van der Waals surface area (Å²) in [5, 5.41) is 13.8. The molecule has 0 saturated heterocycles. The molecule has 0 aromatic carbocycles. The molecule has 66 valence electrons. The SMILES string of the molecule is O=C([O-])CCC1=NNC(=O)CC1. The zero-order chi connectivity index (χ0) is 8.97. The van der Waals surface area contributed by atoms with Crippen LogP contribution in [0.1, 0.15) is 25.7 Å². The summed E-state index contributed by atoms with van der Waals surface area (Å²) in [7, 11) is 0. The summed E-state index contributed by atoms with van der Waals surface area (Å²) < 4.78 is 0. The first-order valence-corrected chi connectivity index (χ1v) is 3.72. The van der Waals surface area contributed by atoms with Gasteiger partial charge in [0.05, 0.1) is 0 Å². The highest BCUT2D eigenvalue weighted by molar-refractivity contribution is 5.93. The van der Waals surface area contributed by atoms with E-state index in [2.05, 4.69) is 10.5 Å². The molecule has 5 nitrogen and oxygen atoms in total. The number of nitrogens with one attached hydrogen (secondary N) is 1. The molecule has 5 heteroatoms. The van der Waals surface area contributed by atoms with E-state index in [1.165, 1.54) is 0 Å². The summed E-state index contributed by atoms with van der Waals surface area (Å²) in [4.78, 5) is 20.7. The van der Waals surface area contributed by atoms with Gasteiger partial charge in [0.2, 0.25) is 5.91 Å². The molecule has 0 aromatic rings. The van der Waals surface area contributed by atoms with E-state index < -0.39 is 5.97 Å². The van der Waals surface area contributed by atoms with Crippen LogP contribution in [0.25, 0.3) is 0 Å². The van der Waals surface area contributed by atoms with E-state index in [1.807, 2.05) is 0 Å². The predicted octanol–water partition coefficient (Wildman–Crippen LogP) is -1.22. The molecule has 1 heterocycles. The highest BCUT2D eigenvalue weighted by atomic mass is 16.4. The Kier molecular flexibility index (Phi) is 2.79. The van der Waals surface area contributed by atoms with E-state index in [0.29, 0.717) is 19.3 Å². The minimum Gasteiger partial charge on any atom is -0.550 e. The van der Waals surface area contributed by atoms with E-state index in [1.54, 1.807) is 0 Å². The quantitative estimate of drug-likeness (QED) is 0.575. The predicted molar refractivity (Wildman–Crippen MR) is 39.1 cm³/mol. The van der Waals surface area contributed by atoms with Crippen molar-refractivity contribution in [1.82, 2.24) is 5.43 Å². The second kappa shape index (κ2) is 3.85. The van der Waals surface area contributed by atoms with Crippen molar-refractivity contribution in [2.24, 2.45) is 5.10 Å². The van der Waals surface area contributed by atoms with E-state index in [0.717, 1.165) is 5.71 Å². The Morgan fingerprint density at radius 3 is 2.83 bits per heavy atom. The number of carboxylic acids is 1. The van der Waals surface area contributed by atoms with Crippen molar-refractivity contribution in [3.8, 4) is 0 Å². The molecule has 1 aliphatic heterocycles. The zero-order valence-corrected chi connectivity index (χ0v) is 6.50. The van der Waals surface area contributed by atoms with Gasteiger partial charge < -0.3 is 9.90 Å². The van der Waals surface area contributed by atoms with Crippen LogP contribution >= 0.6 is 0 Å². The number of carbonyl (C=O) groups is 2. The molecular weight excluding hydrogens is 160 g/mol. The number of carboxylic acid groups (broad SMARTS) is 1. The molecule has 1 N–H and O–H groups in total. The third kappa shape index (κ3) is 2.69. The van der Waals surface area contributed by atoms with Crippen LogP contribution in [-0.2, 0) is 9.59 Å². The number of carbonyl (C=O) groups excluding carboxylic acids is 2. The molecule has 0 spiro atoms. The average molecular weight is 169 g/mol. The number of hydrazone groups is 1. The van der Waals surface area contributed by atoms with Gasteiger partial charge in [0.15, 0.2) is 0 Å². The molecule has 0 radical (unpaired) electrons. The number of hydrogen-bond acceptors (Lipinski definition) is 4. The van der Waals surface area contributed by atoms with Gasteiger partial charge in [-0.25, -0.2) is 5.43 Å². The fourth-order valence-corrected chi connectivity index (χ4v) is 0.938. The van der Waals surface area contributed by atoms with Gasteiger partial charge in [0.1, 0.15) is 0 Å². The van der Waals surface area contributed by atoms with Crippen LogP contribution in [0.5, 0.6) is 0 Å². The van der Waals surface area contributed by atoms with Gasteiger partial charge in [0.25, 0.3) is 0 Å². The highest BCUT2D eigenvalue weighted by Gasteiger charge is 2.10. The van der Waals surface area contributed by atoms with Gasteiger partial charge >= 0.3 is 0 Å². The van der Waals surface area contributed by atoms with Gasteiger partial charge in [-0.3, -0.25) is 4.79 Å². The first-order valence-electron chi connectivity index (χ1n) is 3.72. The number of nitrogens with zero attached hydrogens (tertiary/aromatic N) is 1. The van der Waals surface area contributed by atoms with Crippen molar-refractivity contribution in [2.75, 3.05) is 0 Å². The van der Waals surface area contributed by atoms with Crippen molar-refractivity contribution in [3.05, 3.63) is 0 Å². The molecule has 0 atom stereocenters. The summed E-state index contributed by atoms with van der Waals surface area (Å²) >= 11 is 0. The number of amides is 1. The molecule has 1 amide bonds. The van der Waals surface area contributed by atoms with Gasteiger partial charge in [-0.2, -0.15) is 5.10 Å². The molecule has 0 aliphatic carbocycles. The Morgan fingerprint density at radius 2 is 2.33 bits per heavy atom. The van der Waals surface area contributed by atoms with Gasteiger partial charge in [-0.05, 0) is 19.3 Å². The van der Waals surface area contributed by atoms with Crippen LogP contribution in [0.4, 0.5) is 0 Å². The van der Waals surface area contributed by atoms with Gasteiger partial charge in [-0.15, -0.1) is 0 Å². The third-order valence-corrected chi connectivity index (χ3v) is 1.60. The lowest BCUT2D eigenvalue weighted by molar-refractivity contribution is -0.305. The second-order valence-electron chi connectivity index (χ2n) is 2.59. The van der Waals surface area contributed by atoms with Crippen LogP contribution in [0.3, 0.4) is 0 Å². The van der Waals surface area contributed by atoms with Crippen LogP contribution in [0, 0.1) is 0 Å². The molecule has 1 rings (SSSR count). The lowest BCUT2D eigenvalue weighted by atomic mass is 10.1. The van der Waals surface area contributed by atoms with Gasteiger partial charge in [-0.1, -0.05) is 0 Å². The van der Waals surface area contributed by atoms with E-state index >= 15 is 0 Å². The maximum absolute atomic E-state index is 10.6. The largest absolute Gasteiger partial charge is 0.550 e. The Balaban J connectivity index is 2.33. The van der Waals surface area contributed by atoms with Crippen LogP contribution < -0.4 is 10.5 Å². The average Bonchev–Trinajstić information content (AvgIpc) is 2.03. The Bertz CT molecular complexity index is 235. The summed E-state index contributed by atoms with van der Waals surface area (Å²) in [6.07, 6.45) is 1.28. The Morgan fingerprint density at radius 1 is 1.58 bits per heavy atom. The maximum atomic E-state index is 10.6. The van der Waals surface area contributed by atoms with Crippen molar-refractivity contribution < 1.29 is 14.7 Å². The third-order valence-electron chi connectivity index (χ3n) is 1.60. The molecular formula is C7H9N2O3-. The minimum absolute atomic E-state index is 0.0330. The molecule has 0 saturated carbocycles. The highest BCUT2D eigenvalue weighted by Crippen LogP contribution is 2.04. The smallest absolute Gasteiger partial charge is 0.240 e. The summed E-state index contributed by atoms with van der Waals surface area (Å²) in [6, 6.07) is 0. The Labute approximate surface area is 69.5 Å². The number of aliphatic carboxylic acids is 1. The Hall–Kier alpha value is -1.39. The lowest BCUT2D eigenvalue weighted by Gasteiger charge is -2.11. The fraction of sp³-hybridized carbons (Fsp3) is 0.571. The van der Waals surface area contributed by atoms with Crippen LogP contribution in [0.2, 0.25) is 0 Å². The number of hydrogen-bond donors (Lipinski definition) is 1. The normalized spacial score (nSPS) is 16.7. The van der Waals surface area contributed by atoms with Crippen molar-refractivity contribution >= 4 is 17.6 Å². The van der Waals surface area contributed by atoms with E-state index in [4.69, 9.17) is 0 Å². The van der Waals surface area contributed by atoms with Gasteiger partial charge in [0, 0.05) is 18.1 Å². The maximum Gasteiger partial charge on any atom is 0.240 e. The second-order valence-corrected chi connectivity index (χ2v) is 2.59. The van der Waals surface area contributed by atoms with Crippen molar-refractivity contribution in [2.45, 2.75) is 25.7 Å². The van der Waals surface area contributed by atoms with Crippen molar-refractivity contribution in [1.29, 1.82) is 0 Å². The monoisotopic (exact) mass is 169 g/mol. The fourth-order valence-electron chi connectivity index (χ4n) is 0.938. The molecule has 12 heavy (non-hydrogen) atoms. The zero-order valence-electron chi connectivity index (χ0n) is 6.50. The molecule has 0 fully saturated rings. The van der Waals surface area contributed by atoms with E-state index in [-0.39, 0.29) is 12.3 Å². The summed E-state index contributed by atoms with van der Waals surface area (Å²) in [5.41, 5.74) is 3.01. The topological polar surface area (TPSA) is 81.6 Å². The lowest BCUT2D eigenvalue weighted by Crippen LogP contribution is -2.27. The molecule has 1 aliphatic rings. The number of rotatable bonds is 3. The molecule has 0 aromatic heterocycles. The van der Waals surface area contributed by atoms with Crippen LogP contribution in [0.15, 0.2) is 5.10 Å². The standard InChI is InChI=1S/C7H10N2O3/c10-6-3-1-5(8-9-6)2-4-7(11)12/h1-4H2,(H,9,10)(H,11,12)/p-1. The molecule has 0 bridgehead atoms. The first-order chi connectivity index (χ1) is 5.68. The van der Waals surface area contributed by atoms with Crippen LogP contribution in [-0.4, -0.2) is 17.6 Å². The minimum atomic E-state index is -1.09. The van der Waals surface area contributed by atoms with E-state index in [9.17, 15) is 14.7 Å². The first kappa shape index (κ1) is 8.70.